The number of ketones is 1. The first-order valence-corrected chi connectivity index (χ1v) is 15.7. The van der Waals surface area contributed by atoms with Gasteiger partial charge in [-0.05, 0) is 86.2 Å². The highest BCUT2D eigenvalue weighted by Crippen LogP contribution is 2.36. The zero-order chi connectivity index (χ0) is 32.4. The van der Waals surface area contributed by atoms with Gasteiger partial charge in [0, 0.05) is 50.1 Å². The van der Waals surface area contributed by atoms with Crippen molar-refractivity contribution in [2.75, 3.05) is 19.0 Å². The second-order valence-electron chi connectivity index (χ2n) is 11.7. The summed E-state index contributed by atoms with van der Waals surface area (Å²) in [7, 11) is 3.71. The van der Waals surface area contributed by atoms with Crippen LogP contribution in [-0.4, -0.2) is 51.4 Å². The number of methoxy groups -OCH3 is 1. The highest BCUT2D eigenvalue weighted by atomic mass is 35.5. The summed E-state index contributed by atoms with van der Waals surface area (Å²) in [5, 5.41) is 16.5. The first-order chi connectivity index (χ1) is 22.3. The number of aromatic nitrogens is 3. The number of carbonyl (C=O) groups excluding carboxylic acids is 2. The van der Waals surface area contributed by atoms with E-state index < -0.39 is 0 Å². The van der Waals surface area contributed by atoms with Crippen LogP contribution >= 0.6 is 11.6 Å². The van der Waals surface area contributed by atoms with Crippen molar-refractivity contribution in [1.29, 1.82) is 5.26 Å². The van der Waals surface area contributed by atoms with Gasteiger partial charge in [-0.1, -0.05) is 23.7 Å². The topological polar surface area (TPSA) is 113 Å². The van der Waals surface area contributed by atoms with Gasteiger partial charge in [0.2, 0.25) is 11.7 Å². The molecule has 10 heteroatoms. The average Bonchev–Trinajstić information content (AvgIpc) is 3.61. The lowest BCUT2D eigenvalue weighted by Gasteiger charge is -2.27. The number of rotatable bonds is 9. The Kier molecular flexibility index (Phi) is 9.04. The summed E-state index contributed by atoms with van der Waals surface area (Å²) in [6.07, 6.45) is 11.3. The fourth-order valence-corrected chi connectivity index (χ4v) is 6.58. The molecule has 5 aromatic rings. The highest BCUT2D eigenvalue weighted by molar-refractivity contribution is 6.35. The van der Waals surface area contributed by atoms with Gasteiger partial charge in [0.15, 0.2) is 0 Å². The van der Waals surface area contributed by atoms with E-state index in [0.717, 1.165) is 53.4 Å². The third-order valence-electron chi connectivity index (χ3n) is 8.80. The molecule has 1 aliphatic rings. The number of nitrogens with one attached hydrogen (secondary N) is 2. The number of imidazole rings is 1. The molecule has 0 radical (unpaired) electrons. The number of nitrogens with zero attached hydrogens (tertiary/aromatic N) is 4. The molecule has 0 saturated heterocycles. The number of halogens is 1. The normalized spacial score (nSPS) is 16.7. The van der Waals surface area contributed by atoms with Crippen LogP contribution in [0.2, 0.25) is 5.02 Å². The van der Waals surface area contributed by atoms with E-state index in [2.05, 4.69) is 27.8 Å². The summed E-state index contributed by atoms with van der Waals surface area (Å²) < 4.78 is 9.18. The Labute approximate surface area is 272 Å². The van der Waals surface area contributed by atoms with Gasteiger partial charge in [-0.25, -0.2) is 4.98 Å². The molecule has 0 spiro atoms. The maximum Gasteiger partial charge on any atom is 0.248 e. The van der Waals surface area contributed by atoms with Crippen LogP contribution in [0.1, 0.15) is 52.9 Å². The Morgan fingerprint density at radius 3 is 2.70 bits per heavy atom. The van der Waals surface area contributed by atoms with E-state index in [4.69, 9.17) is 16.3 Å². The Morgan fingerprint density at radius 2 is 1.93 bits per heavy atom. The van der Waals surface area contributed by atoms with Crippen LogP contribution in [0.3, 0.4) is 0 Å². The molecule has 0 bridgehead atoms. The van der Waals surface area contributed by atoms with E-state index in [9.17, 15) is 14.9 Å². The van der Waals surface area contributed by atoms with Crippen LogP contribution in [-0.2, 0) is 16.6 Å². The smallest absolute Gasteiger partial charge is 0.248 e. The lowest BCUT2D eigenvalue weighted by Crippen LogP contribution is -2.35. The van der Waals surface area contributed by atoms with Gasteiger partial charge >= 0.3 is 0 Å². The molecule has 6 rings (SSSR count). The second kappa shape index (κ2) is 13.3. The van der Waals surface area contributed by atoms with Gasteiger partial charge in [-0.3, -0.25) is 9.59 Å². The van der Waals surface area contributed by atoms with Crippen molar-refractivity contribution in [2.45, 2.75) is 44.8 Å². The van der Waals surface area contributed by atoms with Crippen molar-refractivity contribution in [3.05, 3.63) is 101 Å². The SMILES string of the molecule is COC1CCC(NC/C=C/C(=O)Nc2ccc(C(=O)c3cc(Cl)c4c(-c5cc6ncn(C)c6cc5C)cccn34)cc2C#N)CC1. The molecule has 1 fully saturated rings. The zero-order valence-electron chi connectivity index (χ0n) is 26.0. The Balaban J connectivity index is 1.19. The summed E-state index contributed by atoms with van der Waals surface area (Å²) in [6, 6.07) is 16.9. The number of carbonyl (C=O) groups is 2. The molecule has 0 unspecified atom stereocenters. The lowest BCUT2D eigenvalue weighted by atomic mass is 9.93. The molecule has 1 saturated carbocycles. The minimum atomic E-state index is -0.350. The fourth-order valence-electron chi connectivity index (χ4n) is 6.28. The Morgan fingerprint density at radius 1 is 1.13 bits per heavy atom. The van der Waals surface area contributed by atoms with E-state index in [1.807, 2.05) is 36.7 Å². The van der Waals surface area contributed by atoms with E-state index >= 15 is 0 Å². The lowest BCUT2D eigenvalue weighted by molar-refractivity contribution is -0.111. The molecule has 9 nitrogen and oxygen atoms in total. The molecule has 46 heavy (non-hydrogen) atoms. The van der Waals surface area contributed by atoms with Gasteiger partial charge in [0.25, 0.3) is 0 Å². The van der Waals surface area contributed by atoms with E-state index in [1.54, 1.807) is 48.3 Å². The summed E-state index contributed by atoms with van der Waals surface area (Å²) in [5.41, 5.74) is 6.72. The van der Waals surface area contributed by atoms with Gasteiger partial charge in [-0.2, -0.15) is 5.26 Å². The number of amides is 1. The van der Waals surface area contributed by atoms with Crippen LogP contribution in [0.4, 0.5) is 5.69 Å². The van der Waals surface area contributed by atoms with Gasteiger partial charge in [-0.15, -0.1) is 0 Å². The summed E-state index contributed by atoms with van der Waals surface area (Å²) >= 11 is 6.78. The number of ether oxygens (including phenoxy) is 1. The Bertz CT molecular complexity index is 2030. The first-order valence-electron chi connectivity index (χ1n) is 15.3. The molecule has 1 amide bonds. The van der Waals surface area contributed by atoms with E-state index in [1.165, 1.54) is 12.1 Å². The molecular formula is C36H35ClN6O3. The maximum atomic E-state index is 13.8. The van der Waals surface area contributed by atoms with Crippen molar-refractivity contribution in [3.63, 3.8) is 0 Å². The monoisotopic (exact) mass is 634 g/mol. The number of fused-ring (bicyclic) bond motifs is 2. The van der Waals surface area contributed by atoms with Crippen LogP contribution in [0.25, 0.3) is 27.7 Å². The number of aryl methyl sites for hydroxylation is 2. The van der Waals surface area contributed by atoms with Gasteiger partial charge < -0.3 is 24.3 Å². The molecule has 234 valence electrons. The van der Waals surface area contributed by atoms with Crippen molar-refractivity contribution in [2.24, 2.45) is 7.05 Å². The largest absolute Gasteiger partial charge is 0.381 e. The molecule has 1 aliphatic carbocycles. The van der Waals surface area contributed by atoms with Crippen LogP contribution in [0.5, 0.6) is 0 Å². The van der Waals surface area contributed by atoms with E-state index in [0.29, 0.717) is 46.2 Å². The quantitative estimate of drug-likeness (QED) is 0.140. The number of anilines is 1. The Hall–Kier alpha value is -4.75. The molecule has 0 aliphatic heterocycles. The van der Waals surface area contributed by atoms with Crippen LogP contribution in [0.15, 0.2) is 73.2 Å². The molecule has 3 aromatic heterocycles. The first kappa shape index (κ1) is 31.2. The number of hydrogen-bond donors (Lipinski definition) is 2. The highest BCUT2D eigenvalue weighted by Gasteiger charge is 2.22. The van der Waals surface area contributed by atoms with Crippen LogP contribution < -0.4 is 10.6 Å². The van der Waals surface area contributed by atoms with Gasteiger partial charge in [0.1, 0.15) is 6.07 Å². The van der Waals surface area contributed by atoms with Crippen molar-refractivity contribution in [1.82, 2.24) is 19.3 Å². The van der Waals surface area contributed by atoms with Crippen LogP contribution in [0, 0.1) is 18.3 Å². The zero-order valence-corrected chi connectivity index (χ0v) is 26.8. The minimum Gasteiger partial charge on any atom is -0.381 e. The number of nitriles is 1. The average molecular weight is 635 g/mol. The maximum absolute atomic E-state index is 13.8. The van der Waals surface area contributed by atoms with Crippen molar-refractivity contribution < 1.29 is 14.3 Å². The predicted octanol–water partition coefficient (Wildman–Crippen LogP) is 6.60. The second-order valence-corrected chi connectivity index (χ2v) is 12.1. The predicted molar refractivity (Wildman–Crippen MR) is 180 cm³/mol. The van der Waals surface area contributed by atoms with Crippen molar-refractivity contribution >= 4 is 45.5 Å². The molecule has 3 heterocycles. The summed E-state index contributed by atoms with van der Waals surface area (Å²) in [5.74, 6) is -0.646. The van der Waals surface area contributed by atoms with E-state index in [-0.39, 0.29) is 17.3 Å². The fraction of sp³-hybridized carbons (Fsp3) is 0.278. The number of pyridine rings is 1. The third kappa shape index (κ3) is 6.20. The number of benzene rings is 2. The number of hydrogen-bond acceptors (Lipinski definition) is 6. The van der Waals surface area contributed by atoms with Crippen molar-refractivity contribution in [3.8, 4) is 17.2 Å². The standard InChI is InChI=1S/C36H35ClN6O3/c1-22-16-32-31(40-21-42(32)2)18-28(22)27-6-5-15-43-33(19-29(37)35(27)43)36(45)23-8-13-30(24(17-23)20-38)41-34(44)7-4-14-39-25-9-11-26(46-3)12-10-25/h4-8,13,15-19,21,25-26,39H,9-12,14H2,1-3H3,(H,41,44)/b7-4+. The molecular weight excluding hydrogens is 600 g/mol. The summed E-state index contributed by atoms with van der Waals surface area (Å²) in [4.78, 5) is 30.9. The van der Waals surface area contributed by atoms with Gasteiger partial charge in [0.05, 0.1) is 50.9 Å². The molecule has 0 atom stereocenters. The summed E-state index contributed by atoms with van der Waals surface area (Å²) in [6.45, 7) is 2.61. The molecule has 2 aromatic carbocycles. The minimum absolute atomic E-state index is 0.188. The molecule has 2 N–H and O–H groups in total. The third-order valence-corrected chi connectivity index (χ3v) is 9.09.